The average molecular weight is 204 g/mol. The Morgan fingerprint density at radius 2 is 2.33 bits per heavy atom. The Morgan fingerprint density at radius 1 is 1.53 bits per heavy atom. The van der Waals surface area contributed by atoms with Crippen LogP contribution in [-0.2, 0) is 0 Å². The van der Waals surface area contributed by atoms with Gasteiger partial charge in [0.05, 0.1) is 0 Å². The molecule has 0 unspecified atom stereocenters. The second-order valence-electron chi connectivity index (χ2n) is 3.52. The third kappa shape index (κ3) is 4.34. The van der Waals surface area contributed by atoms with Crippen molar-refractivity contribution in [1.82, 2.24) is 10.3 Å². The summed E-state index contributed by atoms with van der Waals surface area (Å²) in [7, 11) is 7.47. The molecular weight excluding hydrogens is 187 g/mol. The fourth-order valence-electron chi connectivity index (χ4n) is 1.32. The largest absolute Gasteiger partial charge is 0.476 e. The molecule has 0 aliphatic rings. The van der Waals surface area contributed by atoms with Crippen molar-refractivity contribution in [3.8, 4) is 5.88 Å². The van der Waals surface area contributed by atoms with Crippen molar-refractivity contribution in [1.29, 1.82) is 0 Å². The molecule has 0 saturated carbocycles. The lowest BCUT2D eigenvalue weighted by Gasteiger charge is -2.15. The molecule has 0 saturated heterocycles. The standard InChI is InChI=1S/C11H17BN2O/c1-3-4-10(13-2)8-15-11-6-5-9(12)7-14-11/h5-7,10,13H,3-4,8H2,1-2H3/t10-/m0/s1. The minimum Gasteiger partial charge on any atom is -0.476 e. The third-order valence-electron chi connectivity index (χ3n) is 2.24. The van der Waals surface area contributed by atoms with Crippen LogP contribution in [-0.4, -0.2) is 32.5 Å². The summed E-state index contributed by atoms with van der Waals surface area (Å²) in [6, 6.07) is 3.96. The van der Waals surface area contributed by atoms with Gasteiger partial charge in [0.2, 0.25) is 5.88 Å². The van der Waals surface area contributed by atoms with Crippen molar-refractivity contribution in [2.45, 2.75) is 25.8 Å². The van der Waals surface area contributed by atoms with Gasteiger partial charge in [0, 0.05) is 12.2 Å². The minimum absolute atomic E-state index is 0.384. The molecule has 1 atom stereocenters. The molecule has 0 spiro atoms. The van der Waals surface area contributed by atoms with E-state index in [2.05, 4.69) is 17.2 Å². The number of likely N-dealkylation sites (N-methyl/N-ethyl adjacent to an activating group) is 1. The van der Waals surface area contributed by atoms with Gasteiger partial charge in [-0.1, -0.05) is 24.9 Å². The Kier molecular flexibility index (Phi) is 5.19. The molecule has 3 nitrogen and oxygen atoms in total. The van der Waals surface area contributed by atoms with E-state index in [-0.39, 0.29) is 0 Å². The van der Waals surface area contributed by atoms with Gasteiger partial charge in [-0.25, -0.2) is 4.98 Å². The topological polar surface area (TPSA) is 34.1 Å². The molecule has 1 rings (SSSR count). The molecule has 15 heavy (non-hydrogen) atoms. The quantitative estimate of drug-likeness (QED) is 0.690. The van der Waals surface area contributed by atoms with Gasteiger partial charge in [0.15, 0.2) is 0 Å². The van der Waals surface area contributed by atoms with Crippen LogP contribution in [0.5, 0.6) is 5.88 Å². The Hall–Kier alpha value is -1.03. The molecule has 0 bridgehead atoms. The van der Waals surface area contributed by atoms with E-state index < -0.39 is 0 Å². The number of nitrogens with one attached hydrogen (secondary N) is 1. The first-order valence-corrected chi connectivity index (χ1v) is 5.27. The monoisotopic (exact) mass is 204 g/mol. The zero-order chi connectivity index (χ0) is 11.1. The Morgan fingerprint density at radius 3 is 2.87 bits per heavy atom. The van der Waals surface area contributed by atoms with E-state index in [0.717, 1.165) is 12.8 Å². The molecule has 4 heteroatoms. The molecule has 0 amide bonds. The van der Waals surface area contributed by atoms with Gasteiger partial charge >= 0.3 is 0 Å². The van der Waals surface area contributed by atoms with Gasteiger partial charge in [0.25, 0.3) is 0 Å². The van der Waals surface area contributed by atoms with Crippen LogP contribution in [0, 0.1) is 0 Å². The molecule has 0 aliphatic heterocycles. The highest BCUT2D eigenvalue weighted by atomic mass is 16.5. The molecule has 1 aromatic heterocycles. The van der Waals surface area contributed by atoms with Crippen LogP contribution in [0.15, 0.2) is 18.3 Å². The van der Waals surface area contributed by atoms with E-state index in [9.17, 15) is 0 Å². The highest BCUT2D eigenvalue weighted by Crippen LogP contribution is 2.04. The summed E-state index contributed by atoms with van der Waals surface area (Å²) >= 11 is 0. The van der Waals surface area contributed by atoms with Crippen molar-refractivity contribution in [3.63, 3.8) is 0 Å². The van der Waals surface area contributed by atoms with Crippen LogP contribution < -0.4 is 15.5 Å². The van der Waals surface area contributed by atoms with E-state index in [1.54, 1.807) is 18.3 Å². The maximum absolute atomic E-state index is 5.54. The van der Waals surface area contributed by atoms with Crippen molar-refractivity contribution >= 4 is 13.3 Å². The van der Waals surface area contributed by atoms with E-state index in [1.165, 1.54) is 0 Å². The van der Waals surface area contributed by atoms with Crippen LogP contribution in [0.4, 0.5) is 0 Å². The zero-order valence-electron chi connectivity index (χ0n) is 9.36. The van der Waals surface area contributed by atoms with Crippen LogP contribution in [0.1, 0.15) is 19.8 Å². The second-order valence-corrected chi connectivity index (χ2v) is 3.52. The lowest BCUT2D eigenvalue weighted by molar-refractivity contribution is 0.254. The molecule has 0 fully saturated rings. The molecule has 80 valence electrons. The lowest BCUT2D eigenvalue weighted by Crippen LogP contribution is -2.31. The fourth-order valence-corrected chi connectivity index (χ4v) is 1.32. The van der Waals surface area contributed by atoms with Crippen LogP contribution in [0.2, 0.25) is 0 Å². The van der Waals surface area contributed by atoms with Gasteiger partial charge in [-0.2, -0.15) is 0 Å². The van der Waals surface area contributed by atoms with Gasteiger partial charge < -0.3 is 10.1 Å². The maximum atomic E-state index is 5.54. The summed E-state index contributed by atoms with van der Waals surface area (Å²) in [6.45, 7) is 2.80. The summed E-state index contributed by atoms with van der Waals surface area (Å²) in [5.74, 6) is 0.626. The predicted molar refractivity (Wildman–Crippen MR) is 62.9 cm³/mol. The lowest BCUT2D eigenvalue weighted by atomic mass is 9.99. The molecule has 0 aliphatic carbocycles. The Labute approximate surface area is 92.7 Å². The molecule has 1 aromatic rings. The molecule has 1 heterocycles. The highest BCUT2D eigenvalue weighted by molar-refractivity contribution is 6.32. The van der Waals surface area contributed by atoms with Gasteiger partial charge in [-0.15, -0.1) is 0 Å². The van der Waals surface area contributed by atoms with Crippen molar-refractivity contribution < 1.29 is 4.74 Å². The van der Waals surface area contributed by atoms with Crippen molar-refractivity contribution in [2.24, 2.45) is 0 Å². The summed E-state index contributed by atoms with van der Waals surface area (Å²) in [5, 5.41) is 3.21. The number of ether oxygens (including phenoxy) is 1. The number of hydrogen-bond acceptors (Lipinski definition) is 3. The van der Waals surface area contributed by atoms with E-state index in [0.29, 0.717) is 24.0 Å². The van der Waals surface area contributed by atoms with Gasteiger partial charge in [0.1, 0.15) is 14.5 Å². The predicted octanol–water partition coefficient (Wildman–Crippen LogP) is 0.642. The summed E-state index contributed by atoms with van der Waals surface area (Å²) in [5.41, 5.74) is 0.654. The number of hydrogen-bond donors (Lipinski definition) is 1. The van der Waals surface area contributed by atoms with Crippen molar-refractivity contribution in [2.75, 3.05) is 13.7 Å². The first kappa shape index (κ1) is 12.0. The number of aromatic nitrogens is 1. The van der Waals surface area contributed by atoms with Crippen LogP contribution in [0.25, 0.3) is 0 Å². The molecule has 0 aromatic carbocycles. The van der Waals surface area contributed by atoms with E-state index in [4.69, 9.17) is 12.6 Å². The summed E-state index contributed by atoms with van der Waals surface area (Å²) in [6.07, 6.45) is 3.85. The minimum atomic E-state index is 0.384. The van der Waals surface area contributed by atoms with Gasteiger partial charge in [-0.05, 0) is 19.5 Å². The van der Waals surface area contributed by atoms with Crippen molar-refractivity contribution in [3.05, 3.63) is 18.3 Å². The van der Waals surface area contributed by atoms with Gasteiger partial charge in [-0.3, -0.25) is 0 Å². The second kappa shape index (κ2) is 6.46. The Balaban J connectivity index is 2.38. The Bertz CT molecular complexity index is 276. The number of nitrogens with zero attached hydrogens (tertiary/aromatic N) is 1. The zero-order valence-corrected chi connectivity index (χ0v) is 9.36. The van der Waals surface area contributed by atoms with Crippen LogP contribution in [0.3, 0.4) is 0 Å². The maximum Gasteiger partial charge on any atom is 0.213 e. The normalized spacial score (nSPS) is 12.4. The molecular formula is C11H17BN2O. The highest BCUT2D eigenvalue weighted by Gasteiger charge is 2.05. The summed E-state index contributed by atoms with van der Waals surface area (Å²) in [4.78, 5) is 4.07. The summed E-state index contributed by atoms with van der Waals surface area (Å²) < 4.78 is 5.54. The van der Waals surface area contributed by atoms with E-state index >= 15 is 0 Å². The first-order chi connectivity index (χ1) is 7.26. The SMILES string of the molecule is [B]c1ccc(OC[C@H](CCC)NC)nc1. The number of pyridine rings is 1. The fraction of sp³-hybridized carbons (Fsp3) is 0.545. The number of rotatable bonds is 6. The molecule has 1 N–H and O–H groups in total. The van der Waals surface area contributed by atoms with Crippen LogP contribution >= 0.6 is 0 Å². The van der Waals surface area contributed by atoms with E-state index in [1.807, 2.05) is 7.05 Å². The third-order valence-corrected chi connectivity index (χ3v) is 2.24. The smallest absolute Gasteiger partial charge is 0.213 e. The first-order valence-electron chi connectivity index (χ1n) is 5.27. The average Bonchev–Trinajstić information content (AvgIpc) is 2.26. The molecule has 2 radical (unpaired) electrons.